The molecule has 6 nitrogen and oxygen atoms in total. The number of nitrogen functional groups attached to an aromatic ring is 1. The van der Waals surface area contributed by atoms with Crippen molar-refractivity contribution in [1.29, 1.82) is 0 Å². The van der Waals surface area contributed by atoms with Gasteiger partial charge in [-0.2, -0.15) is 5.10 Å². The van der Waals surface area contributed by atoms with Crippen LogP contribution in [0.4, 0.5) is 16.4 Å². The van der Waals surface area contributed by atoms with E-state index in [0.717, 1.165) is 24.8 Å². The van der Waals surface area contributed by atoms with E-state index in [2.05, 4.69) is 17.3 Å². The number of hydrogen-bond donors (Lipinski definition) is 2. The van der Waals surface area contributed by atoms with E-state index in [1.54, 1.807) is 11.7 Å². The first-order valence-electron chi connectivity index (χ1n) is 6.56. The van der Waals surface area contributed by atoms with Crippen LogP contribution in [-0.4, -0.2) is 21.5 Å². The van der Waals surface area contributed by atoms with Gasteiger partial charge in [0.25, 0.3) is 0 Å². The summed E-state index contributed by atoms with van der Waals surface area (Å²) in [6.07, 6.45) is 2.36. The van der Waals surface area contributed by atoms with E-state index >= 15 is 0 Å². The molecule has 0 aliphatic heterocycles. The molecule has 0 aromatic carbocycles. The van der Waals surface area contributed by atoms with Crippen molar-refractivity contribution in [2.24, 2.45) is 7.05 Å². The molecule has 1 amide bonds. The fourth-order valence-corrected chi connectivity index (χ4v) is 1.75. The number of nitrogens with one attached hydrogen (secondary N) is 1. The van der Waals surface area contributed by atoms with Gasteiger partial charge in [-0.15, -0.1) is 0 Å². The molecular weight excluding hydrogens is 244 g/mol. The molecule has 3 N–H and O–H groups in total. The standard InChI is InChI=1S/C13H24N4O2/c1-6-7-8-9-10(14)16-17(5)11(9)15-12(18)19-13(2,3)4/h6-8H2,1-5H3,(H2,14,16)(H,15,18). The molecule has 108 valence electrons. The number of rotatable bonds is 4. The fraction of sp³-hybridized carbons (Fsp3) is 0.692. The molecule has 1 aromatic heterocycles. The van der Waals surface area contributed by atoms with Crippen LogP contribution < -0.4 is 11.1 Å². The number of hydrogen-bond acceptors (Lipinski definition) is 4. The Kier molecular flexibility index (Phi) is 4.80. The van der Waals surface area contributed by atoms with Crippen LogP contribution in [0.2, 0.25) is 0 Å². The van der Waals surface area contributed by atoms with Crippen molar-refractivity contribution in [2.75, 3.05) is 11.1 Å². The number of ether oxygens (including phenoxy) is 1. The van der Waals surface area contributed by atoms with Crippen molar-refractivity contribution in [1.82, 2.24) is 9.78 Å². The molecule has 0 radical (unpaired) electrons. The highest BCUT2D eigenvalue weighted by Crippen LogP contribution is 2.24. The van der Waals surface area contributed by atoms with Crippen LogP contribution in [0, 0.1) is 0 Å². The Morgan fingerprint density at radius 1 is 1.47 bits per heavy atom. The van der Waals surface area contributed by atoms with Crippen LogP contribution in [0.25, 0.3) is 0 Å². The fourth-order valence-electron chi connectivity index (χ4n) is 1.75. The Balaban J connectivity index is 2.85. The van der Waals surface area contributed by atoms with Gasteiger partial charge in [0.15, 0.2) is 5.82 Å². The first-order chi connectivity index (χ1) is 8.74. The molecule has 0 saturated heterocycles. The van der Waals surface area contributed by atoms with E-state index in [1.165, 1.54) is 0 Å². The lowest BCUT2D eigenvalue weighted by Gasteiger charge is -2.20. The van der Waals surface area contributed by atoms with E-state index in [9.17, 15) is 4.79 Å². The lowest BCUT2D eigenvalue weighted by Crippen LogP contribution is -2.28. The second kappa shape index (κ2) is 5.95. The minimum absolute atomic E-state index is 0.460. The monoisotopic (exact) mass is 268 g/mol. The van der Waals surface area contributed by atoms with Gasteiger partial charge in [0.2, 0.25) is 0 Å². The number of amides is 1. The van der Waals surface area contributed by atoms with Gasteiger partial charge in [0, 0.05) is 12.6 Å². The second-order valence-electron chi connectivity index (χ2n) is 5.57. The van der Waals surface area contributed by atoms with E-state index in [4.69, 9.17) is 10.5 Å². The zero-order valence-electron chi connectivity index (χ0n) is 12.4. The molecule has 0 bridgehead atoms. The molecule has 19 heavy (non-hydrogen) atoms. The Bertz CT molecular complexity index is 446. The Morgan fingerprint density at radius 2 is 2.11 bits per heavy atom. The first kappa shape index (κ1) is 15.3. The highest BCUT2D eigenvalue weighted by atomic mass is 16.6. The van der Waals surface area contributed by atoms with E-state index < -0.39 is 11.7 Å². The summed E-state index contributed by atoms with van der Waals surface area (Å²) < 4.78 is 6.81. The molecule has 0 unspecified atom stereocenters. The molecule has 1 aromatic rings. The Morgan fingerprint density at radius 3 is 2.63 bits per heavy atom. The van der Waals surface area contributed by atoms with Crippen molar-refractivity contribution in [3.8, 4) is 0 Å². The van der Waals surface area contributed by atoms with Gasteiger partial charge < -0.3 is 10.5 Å². The van der Waals surface area contributed by atoms with Crippen LogP contribution in [-0.2, 0) is 18.2 Å². The molecule has 6 heteroatoms. The summed E-state index contributed by atoms with van der Waals surface area (Å²) in [5, 5.41) is 6.86. The van der Waals surface area contributed by atoms with Crippen molar-refractivity contribution < 1.29 is 9.53 Å². The molecule has 0 spiro atoms. The first-order valence-corrected chi connectivity index (χ1v) is 6.56. The Labute approximate surface area is 114 Å². The third kappa shape index (κ3) is 4.46. The number of nitrogens with zero attached hydrogens (tertiary/aromatic N) is 2. The number of nitrogens with two attached hydrogens (primary N) is 1. The van der Waals surface area contributed by atoms with Gasteiger partial charge in [-0.3, -0.25) is 10.00 Å². The summed E-state index contributed by atoms with van der Waals surface area (Å²) in [6.45, 7) is 7.57. The van der Waals surface area contributed by atoms with E-state index in [-0.39, 0.29) is 0 Å². The maximum Gasteiger partial charge on any atom is 0.413 e. The molecule has 0 aliphatic rings. The number of anilines is 2. The van der Waals surface area contributed by atoms with Gasteiger partial charge >= 0.3 is 6.09 Å². The van der Waals surface area contributed by atoms with Gasteiger partial charge in [-0.05, 0) is 33.6 Å². The second-order valence-corrected chi connectivity index (χ2v) is 5.57. The summed E-state index contributed by atoms with van der Waals surface area (Å²) in [5.41, 5.74) is 6.20. The average Bonchev–Trinajstić information content (AvgIpc) is 2.49. The van der Waals surface area contributed by atoms with Crippen LogP contribution in [0.15, 0.2) is 0 Å². The molecule has 0 atom stereocenters. The topological polar surface area (TPSA) is 82.2 Å². The zero-order valence-corrected chi connectivity index (χ0v) is 12.4. The number of carbonyl (C=O) groups is 1. The minimum Gasteiger partial charge on any atom is -0.444 e. The third-order valence-corrected chi connectivity index (χ3v) is 2.58. The maximum absolute atomic E-state index is 11.8. The SMILES string of the molecule is CCCCc1c(N)nn(C)c1NC(=O)OC(C)(C)C. The van der Waals surface area contributed by atoms with Crippen molar-refractivity contribution in [2.45, 2.75) is 52.6 Å². The average molecular weight is 268 g/mol. The minimum atomic E-state index is -0.530. The number of carbonyl (C=O) groups excluding carboxylic acids is 1. The normalized spacial score (nSPS) is 11.4. The van der Waals surface area contributed by atoms with E-state index in [1.807, 2.05) is 20.8 Å². The van der Waals surface area contributed by atoms with Crippen molar-refractivity contribution in [3.05, 3.63) is 5.56 Å². The quantitative estimate of drug-likeness (QED) is 0.879. The van der Waals surface area contributed by atoms with Gasteiger partial charge in [0.05, 0.1) is 0 Å². The van der Waals surface area contributed by atoms with Crippen LogP contribution >= 0.6 is 0 Å². The number of aromatic nitrogens is 2. The predicted molar refractivity (Wildman–Crippen MR) is 76.1 cm³/mol. The van der Waals surface area contributed by atoms with Crippen molar-refractivity contribution >= 4 is 17.7 Å². The van der Waals surface area contributed by atoms with Crippen LogP contribution in [0.5, 0.6) is 0 Å². The smallest absolute Gasteiger partial charge is 0.413 e. The Hall–Kier alpha value is -1.72. The summed E-state index contributed by atoms with van der Waals surface area (Å²) in [6, 6.07) is 0. The number of aryl methyl sites for hydroxylation is 1. The van der Waals surface area contributed by atoms with Crippen LogP contribution in [0.1, 0.15) is 46.1 Å². The molecule has 0 aliphatic carbocycles. The zero-order chi connectivity index (χ0) is 14.6. The summed E-state index contributed by atoms with van der Waals surface area (Å²) >= 11 is 0. The van der Waals surface area contributed by atoms with Crippen LogP contribution in [0.3, 0.4) is 0 Å². The number of unbranched alkanes of at least 4 members (excludes halogenated alkanes) is 1. The van der Waals surface area contributed by atoms with Gasteiger partial charge in [0.1, 0.15) is 11.4 Å². The predicted octanol–water partition coefficient (Wildman–Crippen LogP) is 2.69. The lowest BCUT2D eigenvalue weighted by atomic mass is 10.1. The summed E-state index contributed by atoms with van der Waals surface area (Å²) in [5.74, 6) is 1.07. The largest absolute Gasteiger partial charge is 0.444 e. The summed E-state index contributed by atoms with van der Waals surface area (Å²) in [4.78, 5) is 11.8. The third-order valence-electron chi connectivity index (χ3n) is 2.58. The maximum atomic E-state index is 11.8. The highest BCUT2D eigenvalue weighted by Gasteiger charge is 2.20. The molecule has 1 rings (SSSR count). The van der Waals surface area contributed by atoms with Crippen molar-refractivity contribution in [3.63, 3.8) is 0 Å². The van der Waals surface area contributed by atoms with Gasteiger partial charge in [-0.25, -0.2) is 4.79 Å². The highest BCUT2D eigenvalue weighted by molar-refractivity contribution is 5.85. The lowest BCUT2D eigenvalue weighted by molar-refractivity contribution is 0.0634. The van der Waals surface area contributed by atoms with Gasteiger partial charge in [-0.1, -0.05) is 13.3 Å². The molecular formula is C13H24N4O2. The van der Waals surface area contributed by atoms with E-state index in [0.29, 0.717) is 11.6 Å². The molecule has 0 saturated carbocycles. The molecule has 0 fully saturated rings. The molecule has 1 heterocycles. The summed E-state index contributed by atoms with van der Waals surface area (Å²) in [7, 11) is 1.75.